The average molecular weight is 238 g/mol. The summed E-state index contributed by atoms with van der Waals surface area (Å²) in [7, 11) is 0. The molecule has 2 N–H and O–H groups in total. The summed E-state index contributed by atoms with van der Waals surface area (Å²) in [6.45, 7) is 6.38. The highest BCUT2D eigenvalue weighted by Crippen LogP contribution is 1.95. The van der Waals surface area contributed by atoms with E-state index in [1.54, 1.807) is 0 Å². The van der Waals surface area contributed by atoms with Gasteiger partial charge in [0.1, 0.15) is 0 Å². The van der Waals surface area contributed by atoms with Gasteiger partial charge in [-0.1, -0.05) is 13.3 Å². The molecule has 1 rings (SSSR count). The number of amides is 2. The Morgan fingerprint density at radius 3 is 2.65 bits per heavy atom. The number of urea groups is 1. The first-order valence-corrected chi connectivity index (χ1v) is 6.23. The summed E-state index contributed by atoms with van der Waals surface area (Å²) in [6.07, 6.45) is 6.85. The minimum atomic E-state index is -0.0740. The lowest BCUT2D eigenvalue weighted by Gasteiger charge is -2.06. The number of carbonyl (C=O) groups is 1. The van der Waals surface area contributed by atoms with Crippen molar-refractivity contribution in [3.05, 3.63) is 18.0 Å². The fourth-order valence-corrected chi connectivity index (χ4v) is 1.47. The molecule has 96 valence electrons. The van der Waals surface area contributed by atoms with Gasteiger partial charge in [0.25, 0.3) is 0 Å². The Morgan fingerprint density at radius 2 is 2.06 bits per heavy atom. The van der Waals surface area contributed by atoms with Crippen LogP contribution in [0, 0.1) is 6.92 Å². The summed E-state index contributed by atoms with van der Waals surface area (Å²) in [5.41, 5.74) is 1.16. The van der Waals surface area contributed by atoms with Gasteiger partial charge < -0.3 is 10.6 Å². The molecule has 0 aliphatic heterocycles. The molecule has 1 aromatic rings. The Kier molecular flexibility index (Phi) is 6.14. The molecule has 2 amide bonds. The number of unbranched alkanes of at least 4 members (excludes halogenated alkanes) is 1. The van der Waals surface area contributed by atoms with Gasteiger partial charge in [-0.2, -0.15) is 5.10 Å². The molecule has 0 bridgehead atoms. The maximum atomic E-state index is 11.3. The topological polar surface area (TPSA) is 59.0 Å². The van der Waals surface area contributed by atoms with Crippen molar-refractivity contribution in [3.8, 4) is 0 Å². The Labute approximate surface area is 103 Å². The third-order valence-corrected chi connectivity index (χ3v) is 2.43. The maximum absolute atomic E-state index is 11.3. The van der Waals surface area contributed by atoms with Crippen LogP contribution in [0.4, 0.5) is 4.79 Å². The van der Waals surface area contributed by atoms with Crippen LogP contribution in [0.1, 0.15) is 31.7 Å². The SMILES string of the molecule is CCCCNC(=O)NCCCn1cc(C)cn1. The first-order valence-electron chi connectivity index (χ1n) is 6.23. The van der Waals surface area contributed by atoms with Crippen LogP contribution in [0.15, 0.2) is 12.4 Å². The fraction of sp³-hybridized carbons (Fsp3) is 0.667. The molecule has 0 fully saturated rings. The Bertz CT molecular complexity index is 335. The third kappa shape index (κ3) is 5.94. The van der Waals surface area contributed by atoms with Gasteiger partial charge >= 0.3 is 6.03 Å². The lowest BCUT2D eigenvalue weighted by molar-refractivity contribution is 0.240. The summed E-state index contributed by atoms with van der Waals surface area (Å²) in [6, 6.07) is -0.0740. The number of aryl methyl sites for hydroxylation is 2. The van der Waals surface area contributed by atoms with Crippen LogP contribution >= 0.6 is 0 Å². The van der Waals surface area contributed by atoms with Crippen LogP contribution in [0.3, 0.4) is 0 Å². The van der Waals surface area contributed by atoms with Gasteiger partial charge in [-0.05, 0) is 25.3 Å². The second-order valence-electron chi connectivity index (χ2n) is 4.17. The number of hydrogen-bond donors (Lipinski definition) is 2. The molecule has 1 heterocycles. The molecule has 0 aliphatic rings. The molecule has 0 unspecified atom stereocenters. The summed E-state index contributed by atoms with van der Waals surface area (Å²) in [5, 5.41) is 9.82. The van der Waals surface area contributed by atoms with Crippen molar-refractivity contribution in [2.45, 2.75) is 39.7 Å². The van der Waals surface area contributed by atoms with Crippen LogP contribution in [-0.2, 0) is 6.54 Å². The lowest BCUT2D eigenvalue weighted by Crippen LogP contribution is -2.36. The van der Waals surface area contributed by atoms with E-state index in [1.807, 2.05) is 24.0 Å². The smallest absolute Gasteiger partial charge is 0.314 e. The van der Waals surface area contributed by atoms with E-state index in [-0.39, 0.29) is 6.03 Å². The highest BCUT2D eigenvalue weighted by molar-refractivity contribution is 5.73. The van der Waals surface area contributed by atoms with Crippen molar-refractivity contribution in [2.75, 3.05) is 13.1 Å². The molecule has 0 aliphatic carbocycles. The second-order valence-corrected chi connectivity index (χ2v) is 4.17. The van der Waals surface area contributed by atoms with Crippen molar-refractivity contribution in [1.29, 1.82) is 0 Å². The number of carbonyl (C=O) groups excluding carboxylic acids is 1. The zero-order valence-corrected chi connectivity index (χ0v) is 10.7. The van der Waals surface area contributed by atoms with Gasteiger partial charge in [-0.25, -0.2) is 4.79 Å². The highest BCUT2D eigenvalue weighted by atomic mass is 16.2. The van der Waals surface area contributed by atoms with Crippen LogP contribution < -0.4 is 10.6 Å². The number of rotatable bonds is 7. The third-order valence-electron chi connectivity index (χ3n) is 2.43. The first kappa shape index (κ1) is 13.5. The van der Waals surface area contributed by atoms with Gasteiger partial charge in [0.15, 0.2) is 0 Å². The molecule has 0 saturated heterocycles. The molecule has 1 aromatic heterocycles. The predicted molar refractivity (Wildman–Crippen MR) is 67.9 cm³/mol. The van der Waals surface area contributed by atoms with Gasteiger partial charge in [-0.3, -0.25) is 4.68 Å². The first-order chi connectivity index (χ1) is 8.22. The normalized spacial score (nSPS) is 10.2. The monoisotopic (exact) mass is 238 g/mol. The summed E-state index contributed by atoms with van der Waals surface area (Å²) >= 11 is 0. The molecule has 17 heavy (non-hydrogen) atoms. The number of nitrogens with one attached hydrogen (secondary N) is 2. The van der Waals surface area contributed by atoms with Crippen molar-refractivity contribution in [1.82, 2.24) is 20.4 Å². The fourth-order valence-electron chi connectivity index (χ4n) is 1.47. The van der Waals surface area contributed by atoms with E-state index < -0.39 is 0 Å². The molecule has 0 atom stereocenters. The van der Waals surface area contributed by atoms with Crippen LogP contribution in [0.5, 0.6) is 0 Å². The van der Waals surface area contributed by atoms with Crippen LogP contribution in [0.25, 0.3) is 0 Å². The molecular weight excluding hydrogens is 216 g/mol. The summed E-state index contributed by atoms with van der Waals surface area (Å²) in [4.78, 5) is 11.3. The van der Waals surface area contributed by atoms with Crippen LogP contribution in [-0.4, -0.2) is 28.9 Å². The Balaban J connectivity index is 2.02. The van der Waals surface area contributed by atoms with Crippen molar-refractivity contribution in [2.24, 2.45) is 0 Å². The maximum Gasteiger partial charge on any atom is 0.314 e. The summed E-state index contributed by atoms with van der Waals surface area (Å²) < 4.78 is 1.89. The zero-order chi connectivity index (χ0) is 12.5. The van der Waals surface area contributed by atoms with Crippen molar-refractivity contribution in [3.63, 3.8) is 0 Å². The van der Waals surface area contributed by atoms with E-state index in [1.165, 1.54) is 0 Å². The minimum absolute atomic E-state index is 0.0740. The number of aromatic nitrogens is 2. The molecule has 5 heteroatoms. The van der Waals surface area contributed by atoms with E-state index in [0.717, 1.165) is 37.9 Å². The van der Waals surface area contributed by atoms with Crippen molar-refractivity contribution < 1.29 is 4.79 Å². The second kappa shape index (κ2) is 7.70. The Morgan fingerprint density at radius 1 is 1.35 bits per heavy atom. The number of nitrogens with zero attached hydrogens (tertiary/aromatic N) is 2. The standard InChI is InChI=1S/C12H22N4O/c1-3-4-6-13-12(17)14-7-5-8-16-10-11(2)9-15-16/h9-10H,3-8H2,1-2H3,(H2,13,14,17). The summed E-state index contributed by atoms with van der Waals surface area (Å²) in [5.74, 6) is 0. The average Bonchev–Trinajstić information content (AvgIpc) is 2.71. The Hall–Kier alpha value is -1.52. The van der Waals surface area contributed by atoms with Gasteiger partial charge in [0, 0.05) is 25.8 Å². The van der Waals surface area contributed by atoms with E-state index >= 15 is 0 Å². The van der Waals surface area contributed by atoms with E-state index in [0.29, 0.717) is 6.54 Å². The molecular formula is C12H22N4O. The quantitative estimate of drug-likeness (QED) is 0.710. The largest absolute Gasteiger partial charge is 0.338 e. The highest BCUT2D eigenvalue weighted by Gasteiger charge is 1.98. The molecule has 0 spiro atoms. The van der Waals surface area contributed by atoms with E-state index in [2.05, 4.69) is 22.7 Å². The molecule has 0 radical (unpaired) electrons. The lowest BCUT2D eigenvalue weighted by atomic mass is 10.3. The van der Waals surface area contributed by atoms with Crippen LogP contribution in [0.2, 0.25) is 0 Å². The van der Waals surface area contributed by atoms with E-state index in [4.69, 9.17) is 0 Å². The molecule has 5 nitrogen and oxygen atoms in total. The van der Waals surface area contributed by atoms with Gasteiger partial charge in [0.05, 0.1) is 6.20 Å². The number of hydrogen-bond acceptors (Lipinski definition) is 2. The van der Waals surface area contributed by atoms with Crippen molar-refractivity contribution >= 4 is 6.03 Å². The molecule has 0 saturated carbocycles. The van der Waals surface area contributed by atoms with Gasteiger partial charge in [0.2, 0.25) is 0 Å². The molecule has 0 aromatic carbocycles. The predicted octanol–water partition coefficient (Wildman–Crippen LogP) is 1.68. The van der Waals surface area contributed by atoms with E-state index in [9.17, 15) is 4.79 Å². The van der Waals surface area contributed by atoms with Gasteiger partial charge in [-0.15, -0.1) is 0 Å². The minimum Gasteiger partial charge on any atom is -0.338 e. The zero-order valence-electron chi connectivity index (χ0n) is 10.7.